The lowest BCUT2D eigenvalue weighted by atomic mass is 10.0. The molecule has 0 bridgehead atoms. The van der Waals surface area contributed by atoms with E-state index in [2.05, 4.69) is 41.5 Å². The van der Waals surface area contributed by atoms with Gasteiger partial charge in [-0.05, 0) is 24.1 Å². The van der Waals surface area contributed by atoms with E-state index in [1.54, 1.807) is 6.20 Å². The maximum atomic E-state index is 5.61. The van der Waals surface area contributed by atoms with Gasteiger partial charge in [0.2, 0.25) is 0 Å². The van der Waals surface area contributed by atoms with Crippen LogP contribution in [0.4, 0.5) is 11.5 Å². The number of nitrogens with one attached hydrogen (secondary N) is 1. The predicted octanol–water partition coefficient (Wildman–Crippen LogP) is 3.23. The van der Waals surface area contributed by atoms with Crippen molar-refractivity contribution in [2.24, 2.45) is 0 Å². The molecule has 0 spiro atoms. The molecule has 0 radical (unpaired) electrons. The summed E-state index contributed by atoms with van der Waals surface area (Å²) in [4.78, 5) is 4.26. The summed E-state index contributed by atoms with van der Waals surface area (Å²) in [7, 11) is 0. The molecule has 1 unspecified atom stereocenters. The Morgan fingerprint density at radius 3 is 2.53 bits per heavy atom. The molecule has 3 N–H and O–H groups in total. The minimum absolute atomic E-state index is 0.285. The quantitative estimate of drug-likeness (QED) is 0.843. The van der Waals surface area contributed by atoms with Gasteiger partial charge in [-0.1, -0.05) is 37.3 Å². The summed E-state index contributed by atoms with van der Waals surface area (Å²) in [5.41, 5.74) is 7.57. The number of benzene rings is 1. The monoisotopic (exact) mass is 227 g/mol. The van der Waals surface area contributed by atoms with Crippen LogP contribution < -0.4 is 11.1 Å². The zero-order chi connectivity index (χ0) is 12.1. The Bertz CT molecular complexity index is 451. The Morgan fingerprint density at radius 1 is 1.18 bits per heavy atom. The van der Waals surface area contributed by atoms with Crippen molar-refractivity contribution in [3.05, 3.63) is 54.2 Å². The van der Waals surface area contributed by atoms with Crippen LogP contribution in [0.2, 0.25) is 0 Å². The molecule has 0 aliphatic heterocycles. The Kier molecular flexibility index (Phi) is 3.60. The fourth-order valence-electron chi connectivity index (χ4n) is 1.78. The Labute approximate surface area is 102 Å². The van der Waals surface area contributed by atoms with E-state index in [1.165, 1.54) is 5.56 Å². The van der Waals surface area contributed by atoms with Gasteiger partial charge in [-0.2, -0.15) is 0 Å². The minimum atomic E-state index is 0.285. The van der Waals surface area contributed by atoms with Crippen molar-refractivity contribution in [2.75, 3.05) is 11.1 Å². The van der Waals surface area contributed by atoms with Crippen LogP contribution in [0.15, 0.2) is 48.7 Å². The van der Waals surface area contributed by atoms with Crippen molar-refractivity contribution < 1.29 is 0 Å². The average Bonchev–Trinajstić information content (AvgIpc) is 2.39. The largest absolute Gasteiger partial charge is 0.397 e. The first-order valence-electron chi connectivity index (χ1n) is 5.82. The summed E-state index contributed by atoms with van der Waals surface area (Å²) in [5, 5.41) is 3.41. The second kappa shape index (κ2) is 5.34. The second-order valence-electron chi connectivity index (χ2n) is 3.99. The maximum absolute atomic E-state index is 5.61. The number of pyridine rings is 1. The zero-order valence-electron chi connectivity index (χ0n) is 9.93. The normalized spacial score (nSPS) is 12.1. The Morgan fingerprint density at radius 2 is 1.94 bits per heavy atom. The minimum Gasteiger partial charge on any atom is -0.397 e. The molecule has 0 fully saturated rings. The molecule has 1 atom stereocenters. The fraction of sp³-hybridized carbons (Fsp3) is 0.214. The van der Waals surface area contributed by atoms with Crippen molar-refractivity contribution >= 4 is 11.5 Å². The molecule has 1 heterocycles. The molecule has 0 aliphatic rings. The SMILES string of the molecule is CCC(Nc1ccc(N)cn1)c1ccccc1. The Balaban J connectivity index is 2.13. The number of nitrogen functional groups attached to an aromatic ring is 1. The first-order chi connectivity index (χ1) is 8.29. The molecule has 3 nitrogen and oxygen atoms in total. The van der Waals surface area contributed by atoms with Crippen LogP contribution in [0, 0.1) is 0 Å². The fourth-order valence-corrected chi connectivity index (χ4v) is 1.78. The molecule has 1 aromatic heterocycles. The third-order valence-electron chi connectivity index (χ3n) is 2.72. The van der Waals surface area contributed by atoms with Crippen LogP contribution in [0.1, 0.15) is 24.9 Å². The first kappa shape index (κ1) is 11.5. The number of nitrogens with two attached hydrogens (primary N) is 1. The Hall–Kier alpha value is -2.03. The molecule has 17 heavy (non-hydrogen) atoms. The van der Waals surface area contributed by atoms with E-state index in [0.29, 0.717) is 5.69 Å². The van der Waals surface area contributed by atoms with E-state index in [0.717, 1.165) is 12.2 Å². The lowest BCUT2D eigenvalue weighted by Crippen LogP contribution is -2.10. The second-order valence-corrected chi connectivity index (χ2v) is 3.99. The molecule has 1 aromatic carbocycles. The van der Waals surface area contributed by atoms with Gasteiger partial charge in [0.15, 0.2) is 0 Å². The van der Waals surface area contributed by atoms with Gasteiger partial charge in [0, 0.05) is 0 Å². The van der Waals surface area contributed by atoms with Crippen molar-refractivity contribution in [3.8, 4) is 0 Å². The topological polar surface area (TPSA) is 50.9 Å². The lowest BCUT2D eigenvalue weighted by molar-refractivity contribution is 0.745. The van der Waals surface area contributed by atoms with E-state index in [9.17, 15) is 0 Å². The predicted molar refractivity (Wildman–Crippen MR) is 71.7 cm³/mol. The van der Waals surface area contributed by atoms with Gasteiger partial charge in [-0.3, -0.25) is 0 Å². The number of hydrogen-bond acceptors (Lipinski definition) is 3. The number of nitrogens with zero attached hydrogens (tertiary/aromatic N) is 1. The summed E-state index contributed by atoms with van der Waals surface area (Å²) in [6.07, 6.45) is 2.68. The molecule has 0 aliphatic carbocycles. The van der Waals surface area contributed by atoms with Crippen LogP contribution in [-0.4, -0.2) is 4.98 Å². The number of rotatable bonds is 4. The molecule has 0 saturated carbocycles. The van der Waals surface area contributed by atoms with E-state index in [4.69, 9.17) is 5.73 Å². The number of hydrogen-bond donors (Lipinski definition) is 2. The molecule has 0 saturated heterocycles. The highest BCUT2D eigenvalue weighted by Gasteiger charge is 2.08. The average molecular weight is 227 g/mol. The third-order valence-corrected chi connectivity index (χ3v) is 2.72. The first-order valence-corrected chi connectivity index (χ1v) is 5.82. The molecule has 0 amide bonds. The van der Waals surface area contributed by atoms with Crippen molar-refractivity contribution in [3.63, 3.8) is 0 Å². The molecule has 2 rings (SSSR count). The summed E-state index contributed by atoms with van der Waals surface area (Å²) in [6, 6.07) is 14.4. The van der Waals surface area contributed by atoms with Gasteiger partial charge in [-0.15, -0.1) is 0 Å². The van der Waals surface area contributed by atoms with Gasteiger partial charge >= 0.3 is 0 Å². The van der Waals surface area contributed by atoms with Crippen LogP contribution in [0.3, 0.4) is 0 Å². The smallest absolute Gasteiger partial charge is 0.126 e. The standard InChI is InChI=1S/C14H17N3/c1-2-13(11-6-4-3-5-7-11)17-14-9-8-12(15)10-16-14/h3-10,13H,2,15H2,1H3,(H,16,17). The van der Waals surface area contributed by atoms with Crippen LogP contribution in [0.25, 0.3) is 0 Å². The highest BCUT2D eigenvalue weighted by Crippen LogP contribution is 2.21. The van der Waals surface area contributed by atoms with Crippen LogP contribution in [0.5, 0.6) is 0 Å². The maximum Gasteiger partial charge on any atom is 0.126 e. The van der Waals surface area contributed by atoms with Gasteiger partial charge in [0.1, 0.15) is 5.82 Å². The molecule has 2 aromatic rings. The van der Waals surface area contributed by atoms with Gasteiger partial charge in [0.25, 0.3) is 0 Å². The zero-order valence-corrected chi connectivity index (χ0v) is 9.93. The number of anilines is 2. The van der Waals surface area contributed by atoms with Crippen molar-refractivity contribution in [1.82, 2.24) is 4.98 Å². The molecular weight excluding hydrogens is 210 g/mol. The summed E-state index contributed by atoms with van der Waals surface area (Å²) >= 11 is 0. The summed E-state index contributed by atoms with van der Waals surface area (Å²) in [6.45, 7) is 2.15. The number of aromatic nitrogens is 1. The van der Waals surface area contributed by atoms with Crippen LogP contribution >= 0.6 is 0 Å². The third kappa shape index (κ3) is 2.97. The summed E-state index contributed by atoms with van der Waals surface area (Å²) in [5.74, 6) is 0.856. The highest BCUT2D eigenvalue weighted by atomic mass is 15.0. The molecular formula is C14H17N3. The van der Waals surface area contributed by atoms with Gasteiger partial charge in [-0.25, -0.2) is 4.98 Å². The van der Waals surface area contributed by atoms with Gasteiger partial charge < -0.3 is 11.1 Å². The van der Waals surface area contributed by atoms with Crippen molar-refractivity contribution in [1.29, 1.82) is 0 Å². The highest BCUT2D eigenvalue weighted by molar-refractivity contribution is 5.45. The van der Waals surface area contributed by atoms with Crippen molar-refractivity contribution in [2.45, 2.75) is 19.4 Å². The lowest BCUT2D eigenvalue weighted by Gasteiger charge is -2.18. The molecule has 3 heteroatoms. The van der Waals surface area contributed by atoms with E-state index in [-0.39, 0.29) is 6.04 Å². The van der Waals surface area contributed by atoms with E-state index < -0.39 is 0 Å². The van der Waals surface area contributed by atoms with E-state index >= 15 is 0 Å². The summed E-state index contributed by atoms with van der Waals surface area (Å²) < 4.78 is 0. The molecule has 88 valence electrons. The van der Waals surface area contributed by atoms with E-state index in [1.807, 2.05) is 18.2 Å². The van der Waals surface area contributed by atoms with Crippen LogP contribution in [-0.2, 0) is 0 Å². The van der Waals surface area contributed by atoms with Gasteiger partial charge in [0.05, 0.1) is 17.9 Å².